The molecule has 1 aliphatic rings. The van der Waals surface area contributed by atoms with E-state index < -0.39 is 0 Å². The average molecular weight is 352 g/mol. The number of amides is 1. The summed E-state index contributed by atoms with van der Waals surface area (Å²) in [4.78, 5) is 14.7. The predicted octanol–water partition coefficient (Wildman–Crippen LogP) is 3.76. The molecule has 1 N–H and O–H groups in total. The van der Waals surface area contributed by atoms with Gasteiger partial charge in [0.1, 0.15) is 12.4 Å². The molecule has 1 amide bonds. The van der Waals surface area contributed by atoms with Crippen LogP contribution in [0.15, 0.2) is 54.6 Å². The highest BCUT2D eigenvalue weighted by atomic mass is 16.5. The van der Waals surface area contributed by atoms with Gasteiger partial charge < -0.3 is 15.0 Å². The van der Waals surface area contributed by atoms with E-state index in [1.165, 1.54) is 0 Å². The molecular weight excluding hydrogens is 324 g/mol. The molecule has 0 spiro atoms. The summed E-state index contributed by atoms with van der Waals surface area (Å²) in [6, 6.07) is 18.2. The van der Waals surface area contributed by atoms with Gasteiger partial charge in [-0.25, -0.2) is 0 Å². The normalized spacial score (nSPS) is 17.8. The Morgan fingerprint density at radius 1 is 1.04 bits per heavy atom. The van der Waals surface area contributed by atoms with Crippen molar-refractivity contribution >= 4 is 5.91 Å². The highest BCUT2D eigenvalue weighted by molar-refractivity contribution is 5.82. The molecule has 0 aliphatic carbocycles. The number of nitrogens with zero attached hydrogens (tertiary/aromatic N) is 1. The molecule has 4 heteroatoms. The number of hydrogen-bond acceptors (Lipinski definition) is 3. The topological polar surface area (TPSA) is 41.6 Å². The first kappa shape index (κ1) is 18.5. The van der Waals surface area contributed by atoms with Crippen LogP contribution >= 0.6 is 0 Å². The van der Waals surface area contributed by atoms with Crippen molar-refractivity contribution in [2.75, 3.05) is 13.1 Å². The van der Waals surface area contributed by atoms with Gasteiger partial charge in [0, 0.05) is 13.1 Å². The summed E-state index contributed by atoms with van der Waals surface area (Å²) in [5.41, 5.74) is 2.30. The van der Waals surface area contributed by atoms with Gasteiger partial charge >= 0.3 is 0 Å². The van der Waals surface area contributed by atoms with Crippen LogP contribution in [0.1, 0.15) is 37.3 Å². The van der Waals surface area contributed by atoms with Crippen molar-refractivity contribution in [2.45, 2.75) is 45.4 Å². The summed E-state index contributed by atoms with van der Waals surface area (Å²) in [7, 11) is 0. The fourth-order valence-corrected chi connectivity index (χ4v) is 3.35. The Morgan fingerprint density at radius 2 is 1.81 bits per heavy atom. The van der Waals surface area contributed by atoms with Gasteiger partial charge in [0.25, 0.3) is 0 Å². The van der Waals surface area contributed by atoms with Gasteiger partial charge in [0.2, 0.25) is 5.91 Å². The van der Waals surface area contributed by atoms with Gasteiger partial charge in [0.05, 0.1) is 6.04 Å². The van der Waals surface area contributed by atoms with Crippen LogP contribution in [0.4, 0.5) is 0 Å². The van der Waals surface area contributed by atoms with E-state index in [0.29, 0.717) is 13.2 Å². The summed E-state index contributed by atoms with van der Waals surface area (Å²) in [6.45, 7) is 4.95. The van der Waals surface area contributed by atoms with Crippen molar-refractivity contribution in [3.8, 4) is 5.75 Å². The van der Waals surface area contributed by atoms with E-state index in [0.717, 1.165) is 49.2 Å². The molecule has 3 rings (SSSR count). The molecule has 1 heterocycles. The minimum atomic E-state index is -0.0315. The lowest BCUT2D eigenvalue weighted by Crippen LogP contribution is -2.44. The molecular formula is C22H28N2O2. The lowest BCUT2D eigenvalue weighted by molar-refractivity contribution is -0.133. The van der Waals surface area contributed by atoms with Crippen molar-refractivity contribution in [3.05, 3.63) is 65.7 Å². The molecule has 1 saturated heterocycles. The van der Waals surface area contributed by atoms with Crippen LogP contribution in [0.3, 0.4) is 0 Å². The third-order valence-corrected chi connectivity index (χ3v) is 4.78. The summed E-state index contributed by atoms with van der Waals surface area (Å²) in [6.07, 6.45) is 3.12. The third-order valence-electron chi connectivity index (χ3n) is 4.78. The van der Waals surface area contributed by atoms with E-state index in [1.54, 1.807) is 0 Å². The number of likely N-dealkylation sites (N-methyl/N-ethyl adjacent to an activating group) is 1. The van der Waals surface area contributed by atoms with Crippen molar-refractivity contribution in [2.24, 2.45) is 0 Å². The standard InChI is InChI=1S/C22H28N2O2/c1-2-23-21-10-6-7-15-24(22(21)25)16-18-11-13-20(14-12-18)26-17-19-8-4-3-5-9-19/h3-5,8-9,11-14,21,23H,2,6-7,10,15-17H2,1H3/t21-/m1/s1. The smallest absolute Gasteiger partial charge is 0.240 e. The minimum absolute atomic E-state index is 0.0315. The van der Waals surface area contributed by atoms with E-state index in [9.17, 15) is 4.79 Å². The van der Waals surface area contributed by atoms with Crippen LogP contribution in [0.5, 0.6) is 5.75 Å². The number of benzene rings is 2. The van der Waals surface area contributed by atoms with Gasteiger partial charge in [0.15, 0.2) is 0 Å². The second-order valence-electron chi connectivity index (χ2n) is 6.78. The van der Waals surface area contributed by atoms with E-state index in [2.05, 4.69) is 36.5 Å². The van der Waals surface area contributed by atoms with Crippen LogP contribution < -0.4 is 10.1 Å². The second-order valence-corrected chi connectivity index (χ2v) is 6.78. The first-order valence-corrected chi connectivity index (χ1v) is 9.54. The maximum Gasteiger partial charge on any atom is 0.240 e. The fourth-order valence-electron chi connectivity index (χ4n) is 3.35. The number of nitrogens with one attached hydrogen (secondary N) is 1. The fraction of sp³-hybridized carbons (Fsp3) is 0.409. The van der Waals surface area contributed by atoms with Gasteiger partial charge in [-0.05, 0) is 49.1 Å². The highest BCUT2D eigenvalue weighted by Gasteiger charge is 2.26. The highest BCUT2D eigenvalue weighted by Crippen LogP contribution is 2.18. The number of hydrogen-bond donors (Lipinski definition) is 1. The Balaban J connectivity index is 1.57. The summed E-state index contributed by atoms with van der Waals surface area (Å²) < 4.78 is 5.84. The number of carbonyl (C=O) groups excluding carboxylic acids is 1. The zero-order valence-corrected chi connectivity index (χ0v) is 15.5. The van der Waals surface area contributed by atoms with Crippen LogP contribution in [0, 0.1) is 0 Å². The Hall–Kier alpha value is -2.33. The number of rotatable bonds is 7. The van der Waals surface area contributed by atoms with E-state index in [4.69, 9.17) is 4.74 Å². The zero-order valence-electron chi connectivity index (χ0n) is 15.5. The first-order valence-electron chi connectivity index (χ1n) is 9.54. The van der Waals surface area contributed by atoms with Crippen LogP contribution in [-0.4, -0.2) is 29.9 Å². The lowest BCUT2D eigenvalue weighted by atomic mass is 10.1. The van der Waals surface area contributed by atoms with Crippen LogP contribution in [0.2, 0.25) is 0 Å². The van der Waals surface area contributed by atoms with Crippen molar-refractivity contribution < 1.29 is 9.53 Å². The maximum atomic E-state index is 12.7. The molecule has 1 fully saturated rings. The molecule has 0 radical (unpaired) electrons. The minimum Gasteiger partial charge on any atom is -0.489 e. The Bertz CT molecular complexity index is 685. The monoisotopic (exact) mass is 352 g/mol. The van der Waals surface area contributed by atoms with Gasteiger partial charge in [-0.1, -0.05) is 49.4 Å². The Kier molecular flexibility index (Phi) is 6.67. The predicted molar refractivity (Wildman–Crippen MR) is 104 cm³/mol. The molecule has 0 unspecified atom stereocenters. The molecule has 1 atom stereocenters. The van der Waals surface area contributed by atoms with Gasteiger partial charge in [-0.3, -0.25) is 4.79 Å². The van der Waals surface area contributed by atoms with Crippen LogP contribution in [-0.2, 0) is 17.9 Å². The first-order chi connectivity index (χ1) is 12.8. The molecule has 0 aromatic heterocycles. The number of carbonyl (C=O) groups is 1. The van der Waals surface area contributed by atoms with E-state index >= 15 is 0 Å². The molecule has 2 aromatic rings. The van der Waals surface area contributed by atoms with Crippen molar-refractivity contribution in [1.29, 1.82) is 0 Å². The van der Waals surface area contributed by atoms with Gasteiger partial charge in [-0.2, -0.15) is 0 Å². The second kappa shape index (κ2) is 9.39. The van der Waals surface area contributed by atoms with Gasteiger partial charge in [-0.15, -0.1) is 0 Å². The number of ether oxygens (including phenoxy) is 1. The Morgan fingerprint density at radius 3 is 2.54 bits per heavy atom. The SMILES string of the molecule is CCN[C@@H]1CCCCN(Cc2ccc(OCc3ccccc3)cc2)C1=O. The van der Waals surface area contributed by atoms with E-state index in [1.807, 2.05) is 35.2 Å². The summed E-state index contributed by atoms with van der Waals surface area (Å²) in [5, 5.41) is 3.32. The Labute approximate surface area is 156 Å². The summed E-state index contributed by atoms with van der Waals surface area (Å²) in [5.74, 6) is 1.08. The average Bonchev–Trinajstić information content (AvgIpc) is 2.85. The molecule has 4 nitrogen and oxygen atoms in total. The molecule has 26 heavy (non-hydrogen) atoms. The van der Waals surface area contributed by atoms with E-state index in [-0.39, 0.29) is 11.9 Å². The molecule has 1 aliphatic heterocycles. The third kappa shape index (κ3) is 5.09. The zero-order chi connectivity index (χ0) is 18.2. The maximum absolute atomic E-state index is 12.7. The molecule has 2 aromatic carbocycles. The quantitative estimate of drug-likeness (QED) is 0.825. The number of likely N-dealkylation sites (tertiary alicyclic amines) is 1. The summed E-state index contributed by atoms with van der Waals surface area (Å²) >= 11 is 0. The molecule has 0 saturated carbocycles. The van der Waals surface area contributed by atoms with Crippen molar-refractivity contribution in [3.63, 3.8) is 0 Å². The molecule has 138 valence electrons. The van der Waals surface area contributed by atoms with Crippen LogP contribution in [0.25, 0.3) is 0 Å². The lowest BCUT2D eigenvalue weighted by Gasteiger charge is -2.25. The molecule has 0 bridgehead atoms. The van der Waals surface area contributed by atoms with Crippen molar-refractivity contribution in [1.82, 2.24) is 10.2 Å². The largest absolute Gasteiger partial charge is 0.489 e.